The number of nitro groups is 1. The van der Waals surface area contributed by atoms with Crippen molar-refractivity contribution in [3.05, 3.63) is 62.7 Å². The van der Waals surface area contributed by atoms with Crippen LogP contribution in [-0.4, -0.2) is 30.0 Å². The van der Waals surface area contributed by atoms with Crippen molar-refractivity contribution >= 4 is 34.9 Å². The van der Waals surface area contributed by atoms with E-state index in [0.29, 0.717) is 5.75 Å². The average molecular weight is 407 g/mol. The molecule has 0 saturated heterocycles. The Morgan fingerprint density at radius 1 is 1.18 bits per heavy atom. The van der Waals surface area contributed by atoms with Gasteiger partial charge in [-0.3, -0.25) is 19.7 Å². The molecule has 28 heavy (non-hydrogen) atoms. The molecule has 0 bridgehead atoms. The molecule has 0 spiro atoms. The number of halogens is 1. The van der Waals surface area contributed by atoms with Crippen LogP contribution in [0.3, 0.4) is 0 Å². The Morgan fingerprint density at radius 2 is 1.93 bits per heavy atom. The molecular weight excluding hydrogens is 388 g/mol. The van der Waals surface area contributed by atoms with Crippen molar-refractivity contribution in [2.24, 2.45) is 0 Å². The highest BCUT2D eigenvalue weighted by Crippen LogP contribution is 2.27. The summed E-state index contributed by atoms with van der Waals surface area (Å²) in [5, 5.41) is 13.5. The molecule has 0 atom stereocenters. The Bertz CT molecular complexity index is 900. The van der Waals surface area contributed by atoms with Crippen LogP contribution in [0.1, 0.15) is 17.5 Å². The molecule has 0 heterocycles. The molecule has 2 rings (SSSR count). The van der Waals surface area contributed by atoms with Crippen molar-refractivity contribution in [3.8, 4) is 5.75 Å². The summed E-state index contributed by atoms with van der Waals surface area (Å²) in [5.74, 6) is -0.658. The number of hydrogen-bond acceptors (Lipinski definition) is 6. The molecule has 0 fully saturated rings. The maximum atomic E-state index is 11.9. The highest BCUT2D eigenvalue weighted by Gasteiger charge is 2.17. The van der Waals surface area contributed by atoms with Crippen LogP contribution < -0.4 is 10.1 Å². The first kappa shape index (κ1) is 21.2. The fourth-order valence-electron chi connectivity index (χ4n) is 2.28. The molecule has 0 radical (unpaired) electrons. The number of carbonyl (C=O) groups is 2. The molecule has 0 aromatic heterocycles. The van der Waals surface area contributed by atoms with Gasteiger partial charge in [-0.2, -0.15) is 0 Å². The predicted molar refractivity (Wildman–Crippen MR) is 104 cm³/mol. The summed E-state index contributed by atoms with van der Waals surface area (Å²) in [6, 6.07) is 9.50. The monoisotopic (exact) mass is 406 g/mol. The third kappa shape index (κ3) is 6.24. The van der Waals surface area contributed by atoms with E-state index in [4.69, 9.17) is 21.1 Å². The number of aryl methyl sites for hydroxylation is 2. The lowest BCUT2D eigenvalue weighted by atomic mass is 10.1. The topological polar surface area (TPSA) is 108 Å². The number of amides is 1. The average Bonchev–Trinajstić information content (AvgIpc) is 2.62. The summed E-state index contributed by atoms with van der Waals surface area (Å²) in [6.45, 7) is 3.35. The number of nitro benzene ring substituents is 1. The highest BCUT2D eigenvalue weighted by atomic mass is 35.5. The van der Waals surface area contributed by atoms with Crippen LogP contribution in [0, 0.1) is 24.0 Å². The Hall–Kier alpha value is -3.13. The van der Waals surface area contributed by atoms with Gasteiger partial charge < -0.3 is 14.8 Å². The van der Waals surface area contributed by atoms with Crippen molar-refractivity contribution in [1.29, 1.82) is 0 Å². The Labute approximate surface area is 166 Å². The lowest BCUT2D eigenvalue weighted by molar-refractivity contribution is -0.383. The van der Waals surface area contributed by atoms with Gasteiger partial charge in [0.1, 0.15) is 11.4 Å². The molecule has 0 aliphatic heterocycles. The fourth-order valence-corrected chi connectivity index (χ4v) is 2.45. The molecule has 0 saturated carbocycles. The normalized spacial score (nSPS) is 10.2. The number of benzene rings is 2. The smallest absolute Gasteiger partial charge is 0.309 e. The minimum atomic E-state index is -0.714. The summed E-state index contributed by atoms with van der Waals surface area (Å²) in [6.07, 6.45) is -0.0437. The van der Waals surface area contributed by atoms with Crippen molar-refractivity contribution in [3.63, 3.8) is 0 Å². The van der Waals surface area contributed by atoms with E-state index < -0.39 is 23.4 Å². The van der Waals surface area contributed by atoms with Crippen LogP contribution >= 0.6 is 11.6 Å². The van der Waals surface area contributed by atoms with Crippen LogP contribution in [0.5, 0.6) is 5.75 Å². The molecule has 9 heteroatoms. The Morgan fingerprint density at radius 3 is 2.64 bits per heavy atom. The summed E-state index contributed by atoms with van der Waals surface area (Å²) in [7, 11) is 0. The van der Waals surface area contributed by atoms with E-state index in [1.54, 1.807) is 0 Å². The van der Waals surface area contributed by atoms with Gasteiger partial charge in [0.2, 0.25) is 0 Å². The molecule has 8 nitrogen and oxygen atoms in total. The number of nitrogens with zero attached hydrogens (tertiary/aromatic N) is 1. The minimum Gasteiger partial charge on any atom is -0.493 e. The Balaban J connectivity index is 1.80. The second-order valence-electron chi connectivity index (χ2n) is 5.99. The SMILES string of the molecule is Cc1ccc(C)c(OCCC(=O)OCC(=O)Nc2cc(Cl)ccc2[N+](=O)[O-])c1. The van der Waals surface area contributed by atoms with Crippen molar-refractivity contribution in [2.75, 3.05) is 18.5 Å². The van der Waals surface area contributed by atoms with Crippen molar-refractivity contribution in [2.45, 2.75) is 20.3 Å². The minimum absolute atomic E-state index is 0.0437. The maximum absolute atomic E-state index is 11.9. The molecule has 2 aromatic carbocycles. The maximum Gasteiger partial charge on any atom is 0.309 e. The lowest BCUT2D eigenvalue weighted by Gasteiger charge is -2.10. The molecule has 1 N–H and O–H groups in total. The first-order valence-corrected chi connectivity index (χ1v) is 8.73. The van der Waals surface area contributed by atoms with Crippen LogP contribution in [-0.2, 0) is 14.3 Å². The molecule has 0 aliphatic carbocycles. The lowest BCUT2D eigenvalue weighted by Crippen LogP contribution is -2.22. The molecule has 0 aliphatic rings. The number of ether oxygens (including phenoxy) is 2. The third-order valence-corrected chi connectivity index (χ3v) is 3.94. The Kier molecular flexibility index (Phi) is 7.34. The van der Waals surface area contributed by atoms with E-state index in [1.807, 2.05) is 32.0 Å². The third-order valence-electron chi connectivity index (χ3n) is 3.70. The van der Waals surface area contributed by atoms with E-state index in [-0.39, 0.29) is 29.4 Å². The zero-order valence-electron chi connectivity index (χ0n) is 15.4. The molecule has 0 unspecified atom stereocenters. The van der Waals surface area contributed by atoms with E-state index >= 15 is 0 Å². The standard InChI is InChI=1S/C19H19ClN2O6/c1-12-3-4-13(2)17(9-12)27-8-7-19(24)28-11-18(23)21-15-10-14(20)5-6-16(15)22(25)26/h3-6,9-10H,7-8,11H2,1-2H3,(H,21,23). The van der Waals surface area contributed by atoms with Gasteiger partial charge in [0.25, 0.3) is 11.6 Å². The molecule has 1 amide bonds. The first-order valence-electron chi connectivity index (χ1n) is 8.35. The van der Waals surface area contributed by atoms with Gasteiger partial charge in [-0.05, 0) is 43.2 Å². The van der Waals surface area contributed by atoms with E-state index in [0.717, 1.165) is 11.1 Å². The van der Waals surface area contributed by atoms with Gasteiger partial charge in [-0.1, -0.05) is 23.7 Å². The van der Waals surface area contributed by atoms with Gasteiger partial charge in [-0.15, -0.1) is 0 Å². The van der Waals surface area contributed by atoms with Crippen molar-refractivity contribution < 1.29 is 24.0 Å². The number of nitrogens with one attached hydrogen (secondary N) is 1. The second-order valence-corrected chi connectivity index (χ2v) is 6.43. The van der Waals surface area contributed by atoms with Gasteiger partial charge >= 0.3 is 5.97 Å². The first-order chi connectivity index (χ1) is 13.3. The number of hydrogen-bond donors (Lipinski definition) is 1. The summed E-state index contributed by atoms with van der Waals surface area (Å²) in [5.41, 5.74) is 1.60. The fraction of sp³-hybridized carbons (Fsp3) is 0.263. The number of anilines is 1. The molecule has 148 valence electrons. The summed E-state index contributed by atoms with van der Waals surface area (Å²) < 4.78 is 10.4. The van der Waals surface area contributed by atoms with Crippen molar-refractivity contribution in [1.82, 2.24) is 0 Å². The highest BCUT2D eigenvalue weighted by molar-refractivity contribution is 6.31. The largest absolute Gasteiger partial charge is 0.493 e. The molecule has 2 aromatic rings. The van der Waals surface area contributed by atoms with Crippen LogP contribution in [0.2, 0.25) is 5.02 Å². The van der Waals surface area contributed by atoms with Crippen LogP contribution in [0.25, 0.3) is 0 Å². The van der Waals surface area contributed by atoms with E-state index in [9.17, 15) is 19.7 Å². The van der Waals surface area contributed by atoms with Gasteiger partial charge in [0, 0.05) is 11.1 Å². The zero-order valence-corrected chi connectivity index (χ0v) is 16.1. The van der Waals surface area contributed by atoms with Crippen LogP contribution in [0.15, 0.2) is 36.4 Å². The summed E-state index contributed by atoms with van der Waals surface area (Å²) in [4.78, 5) is 34.0. The van der Waals surface area contributed by atoms with Gasteiger partial charge in [-0.25, -0.2) is 0 Å². The van der Waals surface area contributed by atoms with E-state index in [2.05, 4.69) is 5.32 Å². The predicted octanol–water partition coefficient (Wildman–Crippen LogP) is 3.82. The van der Waals surface area contributed by atoms with Gasteiger partial charge in [0.05, 0.1) is 18.0 Å². The number of rotatable bonds is 8. The number of esters is 1. The van der Waals surface area contributed by atoms with E-state index in [1.165, 1.54) is 18.2 Å². The van der Waals surface area contributed by atoms with Gasteiger partial charge in [0.15, 0.2) is 6.61 Å². The zero-order chi connectivity index (χ0) is 20.7. The second kappa shape index (κ2) is 9.70. The summed E-state index contributed by atoms with van der Waals surface area (Å²) >= 11 is 5.79. The quantitative estimate of drug-likeness (QED) is 0.405. The van der Waals surface area contributed by atoms with Crippen LogP contribution in [0.4, 0.5) is 11.4 Å². The molecular formula is C19H19ClN2O6. The number of carbonyl (C=O) groups excluding carboxylic acids is 2.